The monoisotopic (exact) mass is 349 g/mol. The first-order valence-electron chi connectivity index (χ1n) is 7.92. The standard InChI is InChI=1S/C17H23N3O3S/c1-11(2)9-18-17(21)13(4)24(22,23)10-16-12(3)19-14-7-5-6-8-15(14)20-16/h5-8,11,13H,9-10H2,1-4H3,(H,18,21)/t13-/m1/s1. The van der Waals surface area contributed by atoms with E-state index in [-0.39, 0.29) is 11.7 Å². The van der Waals surface area contributed by atoms with Crippen LogP contribution in [0.5, 0.6) is 0 Å². The van der Waals surface area contributed by atoms with Crippen LogP contribution >= 0.6 is 0 Å². The minimum absolute atomic E-state index is 0.262. The van der Waals surface area contributed by atoms with Crippen molar-refractivity contribution < 1.29 is 13.2 Å². The molecule has 1 heterocycles. The maximum atomic E-state index is 12.5. The van der Waals surface area contributed by atoms with Crippen molar-refractivity contribution >= 4 is 26.8 Å². The Labute approximate surface area is 142 Å². The van der Waals surface area contributed by atoms with Crippen LogP contribution in [0.15, 0.2) is 24.3 Å². The molecule has 130 valence electrons. The molecule has 24 heavy (non-hydrogen) atoms. The average Bonchev–Trinajstić information content (AvgIpc) is 2.52. The van der Waals surface area contributed by atoms with Crippen LogP contribution in [0.2, 0.25) is 0 Å². The van der Waals surface area contributed by atoms with E-state index < -0.39 is 21.0 Å². The molecule has 2 rings (SSSR count). The highest BCUT2D eigenvalue weighted by molar-refractivity contribution is 7.92. The molecule has 7 heteroatoms. The lowest BCUT2D eigenvalue weighted by atomic mass is 10.2. The van der Waals surface area contributed by atoms with E-state index in [1.807, 2.05) is 32.0 Å². The first-order valence-corrected chi connectivity index (χ1v) is 9.64. The zero-order valence-electron chi connectivity index (χ0n) is 14.4. The molecule has 0 saturated heterocycles. The maximum Gasteiger partial charge on any atom is 0.238 e. The van der Waals surface area contributed by atoms with E-state index in [2.05, 4.69) is 15.3 Å². The predicted octanol–water partition coefficient (Wildman–Crippen LogP) is 2.01. The van der Waals surface area contributed by atoms with Gasteiger partial charge < -0.3 is 5.32 Å². The molecule has 1 aromatic carbocycles. The average molecular weight is 349 g/mol. The largest absolute Gasteiger partial charge is 0.355 e. The zero-order chi connectivity index (χ0) is 17.9. The normalized spacial score (nSPS) is 13.2. The topological polar surface area (TPSA) is 89.0 Å². The van der Waals surface area contributed by atoms with Crippen molar-refractivity contribution in [1.29, 1.82) is 0 Å². The number of carbonyl (C=O) groups excluding carboxylic acids is 1. The zero-order valence-corrected chi connectivity index (χ0v) is 15.2. The van der Waals surface area contributed by atoms with Gasteiger partial charge in [0.1, 0.15) is 5.25 Å². The SMILES string of the molecule is Cc1nc2ccccc2nc1CS(=O)(=O)[C@H](C)C(=O)NCC(C)C. The second kappa shape index (κ2) is 7.25. The summed E-state index contributed by atoms with van der Waals surface area (Å²) < 4.78 is 25.1. The third-order valence-corrected chi connectivity index (χ3v) is 5.74. The number of carbonyl (C=O) groups is 1. The number of nitrogens with one attached hydrogen (secondary N) is 1. The summed E-state index contributed by atoms with van der Waals surface area (Å²) in [5.74, 6) is -0.514. The molecule has 2 aromatic rings. The van der Waals surface area contributed by atoms with Crippen molar-refractivity contribution in [3.05, 3.63) is 35.7 Å². The summed E-state index contributed by atoms with van der Waals surface area (Å²) in [5.41, 5.74) is 2.31. The lowest BCUT2D eigenvalue weighted by molar-refractivity contribution is -0.120. The van der Waals surface area contributed by atoms with Crippen molar-refractivity contribution in [2.45, 2.75) is 38.7 Å². The van der Waals surface area contributed by atoms with E-state index in [1.54, 1.807) is 13.0 Å². The maximum absolute atomic E-state index is 12.5. The second-order valence-electron chi connectivity index (χ2n) is 6.33. The fraction of sp³-hybridized carbons (Fsp3) is 0.471. The Morgan fingerprint density at radius 2 is 1.71 bits per heavy atom. The number of rotatable bonds is 6. The fourth-order valence-corrected chi connectivity index (χ4v) is 3.50. The highest BCUT2D eigenvalue weighted by Crippen LogP contribution is 2.16. The minimum Gasteiger partial charge on any atom is -0.355 e. The van der Waals surface area contributed by atoms with Crippen LogP contribution in [0, 0.1) is 12.8 Å². The van der Waals surface area contributed by atoms with Crippen LogP contribution in [0.25, 0.3) is 11.0 Å². The summed E-state index contributed by atoms with van der Waals surface area (Å²) in [6.07, 6.45) is 0. The van der Waals surface area contributed by atoms with Gasteiger partial charge in [0.2, 0.25) is 5.91 Å². The fourth-order valence-electron chi connectivity index (χ4n) is 2.19. The molecule has 1 atom stereocenters. The molecule has 0 aliphatic carbocycles. The number of hydrogen-bond donors (Lipinski definition) is 1. The van der Waals surface area contributed by atoms with Crippen LogP contribution < -0.4 is 5.32 Å². The third-order valence-electron chi connectivity index (χ3n) is 3.77. The highest BCUT2D eigenvalue weighted by atomic mass is 32.2. The number of para-hydroxylation sites is 2. The summed E-state index contributed by atoms with van der Waals surface area (Å²) in [6, 6.07) is 7.30. The quantitative estimate of drug-likeness (QED) is 0.862. The summed E-state index contributed by atoms with van der Waals surface area (Å²) in [5, 5.41) is 1.54. The minimum atomic E-state index is -3.67. The molecule has 0 radical (unpaired) electrons. The summed E-state index contributed by atoms with van der Waals surface area (Å²) in [7, 11) is -3.67. The Morgan fingerprint density at radius 3 is 2.29 bits per heavy atom. The lowest BCUT2D eigenvalue weighted by Gasteiger charge is -2.15. The van der Waals surface area contributed by atoms with Gasteiger partial charge in [-0.05, 0) is 31.9 Å². The van der Waals surface area contributed by atoms with Gasteiger partial charge in [-0.15, -0.1) is 0 Å². The molecule has 0 saturated carbocycles. The van der Waals surface area contributed by atoms with Gasteiger partial charge in [0.15, 0.2) is 9.84 Å². The van der Waals surface area contributed by atoms with E-state index in [9.17, 15) is 13.2 Å². The van der Waals surface area contributed by atoms with Crippen molar-refractivity contribution in [2.75, 3.05) is 6.54 Å². The van der Waals surface area contributed by atoms with Crippen LogP contribution in [-0.2, 0) is 20.4 Å². The molecule has 1 aromatic heterocycles. The number of hydrogen-bond acceptors (Lipinski definition) is 5. The first kappa shape index (κ1) is 18.3. The van der Waals surface area contributed by atoms with Gasteiger partial charge in [-0.25, -0.2) is 18.4 Å². The molecule has 0 unspecified atom stereocenters. The van der Waals surface area contributed by atoms with Gasteiger partial charge in [-0.3, -0.25) is 4.79 Å². The number of nitrogens with zero attached hydrogens (tertiary/aromatic N) is 2. The van der Waals surface area contributed by atoms with E-state index >= 15 is 0 Å². The van der Waals surface area contributed by atoms with Crippen molar-refractivity contribution in [3.8, 4) is 0 Å². The van der Waals surface area contributed by atoms with E-state index in [1.165, 1.54) is 6.92 Å². The van der Waals surface area contributed by atoms with Gasteiger partial charge in [-0.2, -0.15) is 0 Å². The van der Waals surface area contributed by atoms with Gasteiger partial charge in [0.25, 0.3) is 0 Å². The molecule has 0 aliphatic rings. The molecular formula is C17H23N3O3S. The van der Waals surface area contributed by atoms with Crippen LogP contribution in [-0.4, -0.2) is 36.1 Å². The van der Waals surface area contributed by atoms with Gasteiger partial charge >= 0.3 is 0 Å². The summed E-state index contributed by atoms with van der Waals surface area (Å²) >= 11 is 0. The predicted molar refractivity (Wildman–Crippen MR) is 94.2 cm³/mol. The summed E-state index contributed by atoms with van der Waals surface area (Å²) in [4.78, 5) is 20.9. The van der Waals surface area contributed by atoms with E-state index in [0.717, 1.165) is 5.52 Å². The van der Waals surface area contributed by atoms with Crippen molar-refractivity contribution in [1.82, 2.24) is 15.3 Å². The van der Waals surface area contributed by atoms with Crippen LogP contribution in [0.3, 0.4) is 0 Å². The Kier molecular flexibility index (Phi) is 5.54. The molecule has 1 amide bonds. The third kappa shape index (κ3) is 4.29. The van der Waals surface area contributed by atoms with Crippen LogP contribution in [0.1, 0.15) is 32.2 Å². The Morgan fingerprint density at radius 1 is 1.12 bits per heavy atom. The number of sulfone groups is 1. The molecule has 0 aliphatic heterocycles. The van der Waals surface area contributed by atoms with Gasteiger partial charge in [0.05, 0.1) is 28.2 Å². The highest BCUT2D eigenvalue weighted by Gasteiger charge is 2.29. The number of aromatic nitrogens is 2. The number of benzene rings is 1. The Bertz CT molecular complexity index is 847. The number of amides is 1. The molecule has 0 bridgehead atoms. The molecular weight excluding hydrogens is 326 g/mol. The van der Waals surface area contributed by atoms with Gasteiger partial charge in [-0.1, -0.05) is 26.0 Å². The first-order chi connectivity index (χ1) is 11.2. The lowest BCUT2D eigenvalue weighted by Crippen LogP contribution is -2.40. The smallest absolute Gasteiger partial charge is 0.238 e. The van der Waals surface area contributed by atoms with Crippen molar-refractivity contribution in [3.63, 3.8) is 0 Å². The second-order valence-corrected chi connectivity index (χ2v) is 8.65. The van der Waals surface area contributed by atoms with Crippen LogP contribution in [0.4, 0.5) is 0 Å². The molecule has 6 nitrogen and oxygen atoms in total. The number of fused-ring (bicyclic) bond motifs is 1. The Balaban J connectivity index is 2.22. The molecule has 1 N–H and O–H groups in total. The van der Waals surface area contributed by atoms with E-state index in [0.29, 0.717) is 23.4 Å². The Hall–Kier alpha value is -2.02. The van der Waals surface area contributed by atoms with Crippen molar-refractivity contribution in [2.24, 2.45) is 5.92 Å². The molecule has 0 spiro atoms. The molecule has 0 fully saturated rings. The summed E-state index contributed by atoms with van der Waals surface area (Å²) in [6.45, 7) is 7.50. The van der Waals surface area contributed by atoms with Gasteiger partial charge in [0, 0.05) is 6.54 Å². The number of aryl methyl sites for hydroxylation is 1. The van der Waals surface area contributed by atoms with E-state index in [4.69, 9.17) is 0 Å².